The van der Waals surface area contributed by atoms with Crippen molar-refractivity contribution in [3.63, 3.8) is 0 Å². The molecule has 0 amide bonds. The number of anilines is 2. The van der Waals surface area contributed by atoms with Crippen molar-refractivity contribution in [3.8, 4) is 0 Å². The maximum absolute atomic E-state index is 10.1. The van der Waals surface area contributed by atoms with Crippen LogP contribution in [-0.2, 0) is 0 Å². The number of aromatic nitrogens is 2. The summed E-state index contributed by atoms with van der Waals surface area (Å²) in [6, 6.07) is 0. The fraction of sp³-hybridized carbons (Fsp3) is 0.600. The van der Waals surface area contributed by atoms with Crippen molar-refractivity contribution in [2.24, 2.45) is 0 Å². The van der Waals surface area contributed by atoms with Crippen molar-refractivity contribution in [1.82, 2.24) is 9.97 Å². The Kier molecular flexibility index (Phi) is 3.16. The minimum absolute atomic E-state index is 0.248. The predicted octanol–water partition coefficient (Wildman–Crippen LogP) is 1.43. The number of nitrogens with two attached hydrogens (primary N) is 1. The molecule has 0 aromatic carbocycles. The molecule has 88 valence electrons. The molecule has 0 unspecified atom stereocenters. The average Bonchev–Trinajstić information content (AvgIpc) is 2.68. The second-order valence-electron chi connectivity index (χ2n) is 4.21. The third kappa shape index (κ3) is 2.36. The van der Waals surface area contributed by atoms with Gasteiger partial charge in [-0.15, -0.1) is 0 Å². The molecule has 1 saturated carbocycles. The number of nitrogens with one attached hydrogen (secondary N) is 1. The second kappa shape index (κ2) is 4.43. The molecule has 5 nitrogen and oxygen atoms in total. The Morgan fingerprint density at radius 3 is 2.81 bits per heavy atom. The summed E-state index contributed by atoms with van der Waals surface area (Å²) in [5.74, 6) is 0.729. The molecule has 0 spiro atoms. The molecule has 1 aromatic rings. The number of nitrogens with zero attached hydrogens (tertiary/aromatic N) is 2. The van der Waals surface area contributed by atoms with E-state index in [4.69, 9.17) is 17.3 Å². The van der Waals surface area contributed by atoms with Crippen LogP contribution in [0.4, 0.5) is 11.6 Å². The first-order valence-corrected chi connectivity index (χ1v) is 5.71. The minimum atomic E-state index is -0.636. The average molecular weight is 243 g/mol. The van der Waals surface area contributed by atoms with E-state index >= 15 is 0 Å². The van der Waals surface area contributed by atoms with Gasteiger partial charge in [0.15, 0.2) is 5.82 Å². The highest BCUT2D eigenvalue weighted by Gasteiger charge is 2.31. The van der Waals surface area contributed by atoms with Crippen LogP contribution >= 0.6 is 11.6 Å². The number of aliphatic hydroxyl groups is 1. The van der Waals surface area contributed by atoms with Gasteiger partial charge in [-0.2, -0.15) is 0 Å². The SMILES string of the molecule is Nc1ncnc(NCC2(O)CCCC2)c1Cl. The summed E-state index contributed by atoms with van der Waals surface area (Å²) in [5.41, 5.74) is 4.92. The highest BCUT2D eigenvalue weighted by atomic mass is 35.5. The van der Waals surface area contributed by atoms with Crippen molar-refractivity contribution in [3.05, 3.63) is 11.3 Å². The van der Waals surface area contributed by atoms with E-state index in [0.717, 1.165) is 25.7 Å². The number of halogens is 1. The Bertz CT molecular complexity index is 379. The summed E-state index contributed by atoms with van der Waals surface area (Å²) in [6.07, 6.45) is 5.12. The van der Waals surface area contributed by atoms with Gasteiger partial charge in [0.2, 0.25) is 0 Å². The molecule has 6 heteroatoms. The van der Waals surface area contributed by atoms with E-state index in [-0.39, 0.29) is 5.82 Å². The largest absolute Gasteiger partial charge is 0.388 e. The summed E-state index contributed by atoms with van der Waals surface area (Å²) in [4.78, 5) is 7.75. The van der Waals surface area contributed by atoms with E-state index in [9.17, 15) is 5.11 Å². The summed E-state index contributed by atoms with van der Waals surface area (Å²) in [6.45, 7) is 0.448. The fourth-order valence-corrected chi connectivity index (χ4v) is 2.13. The molecule has 0 saturated heterocycles. The first-order valence-electron chi connectivity index (χ1n) is 5.33. The monoisotopic (exact) mass is 242 g/mol. The van der Waals surface area contributed by atoms with E-state index in [0.29, 0.717) is 17.4 Å². The summed E-state index contributed by atoms with van der Waals surface area (Å²) in [7, 11) is 0. The molecule has 0 aliphatic heterocycles. The standard InChI is InChI=1S/C10H15ClN4O/c11-7-8(12)14-6-15-9(7)13-5-10(16)3-1-2-4-10/h6,16H,1-5H2,(H3,12,13,14,15). The van der Waals surface area contributed by atoms with Crippen molar-refractivity contribution in [1.29, 1.82) is 0 Å². The molecule has 1 aromatic heterocycles. The van der Waals surface area contributed by atoms with Gasteiger partial charge in [-0.05, 0) is 12.8 Å². The third-order valence-electron chi connectivity index (χ3n) is 2.94. The molecule has 0 atom stereocenters. The van der Waals surface area contributed by atoms with Crippen molar-refractivity contribution in [2.45, 2.75) is 31.3 Å². The fourth-order valence-electron chi connectivity index (χ4n) is 1.96. The zero-order valence-electron chi connectivity index (χ0n) is 8.91. The number of nitrogen functional groups attached to an aromatic ring is 1. The van der Waals surface area contributed by atoms with E-state index in [1.807, 2.05) is 0 Å². The van der Waals surface area contributed by atoms with Gasteiger partial charge in [-0.25, -0.2) is 9.97 Å². The van der Waals surface area contributed by atoms with E-state index in [2.05, 4.69) is 15.3 Å². The minimum Gasteiger partial charge on any atom is -0.388 e. The Balaban J connectivity index is 2.02. The first-order chi connectivity index (χ1) is 7.61. The van der Waals surface area contributed by atoms with Gasteiger partial charge in [-0.3, -0.25) is 0 Å². The van der Waals surface area contributed by atoms with E-state index < -0.39 is 5.60 Å². The molecule has 1 heterocycles. The maximum Gasteiger partial charge on any atom is 0.150 e. The lowest BCUT2D eigenvalue weighted by molar-refractivity contribution is 0.0614. The van der Waals surface area contributed by atoms with E-state index in [1.54, 1.807) is 0 Å². The maximum atomic E-state index is 10.1. The molecular weight excluding hydrogens is 228 g/mol. The second-order valence-corrected chi connectivity index (χ2v) is 4.58. The highest BCUT2D eigenvalue weighted by molar-refractivity contribution is 6.35. The Hall–Kier alpha value is -1.07. The molecule has 1 aliphatic rings. The van der Waals surface area contributed by atoms with Crippen LogP contribution in [0.1, 0.15) is 25.7 Å². The van der Waals surface area contributed by atoms with Gasteiger partial charge in [0.05, 0.1) is 5.60 Å². The number of hydrogen-bond acceptors (Lipinski definition) is 5. The Morgan fingerprint density at radius 1 is 1.44 bits per heavy atom. The Morgan fingerprint density at radius 2 is 2.12 bits per heavy atom. The number of hydrogen-bond donors (Lipinski definition) is 3. The van der Waals surface area contributed by atoms with Gasteiger partial charge in [0.1, 0.15) is 17.2 Å². The summed E-state index contributed by atoms with van der Waals surface area (Å²) < 4.78 is 0. The lowest BCUT2D eigenvalue weighted by atomic mass is 10.0. The van der Waals surface area contributed by atoms with Crippen LogP contribution in [0.15, 0.2) is 6.33 Å². The lowest BCUT2D eigenvalue weighted by Gasteiger charge is -2.22. The predicted molar refractivity (Wildman–Crippen MR) is 63.4 cm³/mol. The highest BCUT2D eigenvalue weighted by Crippen LogP contribution is 2.30. The molecule has 4 N–H and O–H groups in total. The molecular formula is C10H15ClN4O. The van der Waals surface area contributed by atoms with Crippen molar-refractivity contribution < 1.29 is 5.11 Å². The summed E-state index contributed by atoms with van der Waals surface area (Å²) >= 11 is 5.93. The van der Waals surface area contributed by atoms with Gasteiger partial charge in [0, 0.05) is 6.54 Å². The van der Waals surface area contributed by atoms with Crippen LogP contribution < -0.4 is 11.1 Å². The molecule has 0 radical (unpaired) electrons. The van der Waals surface area contributed by atoms with Gasteiger partial charge in [0.25, 0.3) is 0 Å². The Labute approximate surface area is 99.0 Å². The van der Waals surface area contributed by atoms with Crippen LogP contribution in [0, 0.1) is 0 Å². The molecule has 2 rings (SSSR count). The first kappa shape index (κ1) is 11.4. The zero-order chi connectivity index (χ0) is 11.6. The quantitative estimate of drug-likeness (QED) is 0.747. The van der Waals surface area contributed by atoms with Gasteiger partial charge in [-0.1, -0.05) is 24.4 Å². The van der Waals surface area contributed by atoms with Crippen molar-refractivity contribution >= 4 is 23.2 Å². The van der Waals surface area contributed by atoms with Gasteiger partial charge < -0.3 is 16.2 Å². The zero-order valence-corrected chi connectivity index (χ0v) is 9.67. The normalized spacial score (nSPS) is 18.6. The summed E-state index contributed by atoms with van der Waals surface area (Å²) in [5, 5.41) is 13.5. The van der Waals surface area contributed by atoms with Crippen LogP contribution in [0.2, 0.25) is 5.02 Å². The van der Waals surface area contributed by atoms with Crippen LogP contribution in [-0.4, -0.2) is 27.2 Å². The van der Waals surface area contributed by atoms with Crippen LogP contribution in [0.3, 0.4) is 0 Å². The smallest absolute Gasteiger partial charge is 0.150 e. The number of rotatable bonds is 3. The lowest BCUT2D eigenvalue weighted by Crippen LogP contribution is -2.33. The van der Waals surface area contributed by atoms with Crippen LogP contribution in [0.5, 0.6) is 0 Å². The van der Waals surface area contributed by atoms with Crippen molar-refractivity contribution in [2.75, 3.05) is 17.6 Å². The molecule has 1 fully saturated rings. The third-order valence-corrected chi connectivity index (χ3v) is 3.31. The van der Waals surface area contributed by atoms with Crippen LogP contribution in [0.25, 0.3) is 0 Å². The van der Waals surface area contributed by atoms with Gasteiger partial charge >= 0.3 is 0 Å². The molecule has 0 bridgehead atoms. The topological polar surface area (TPSA) is 84.1 Å². The van der Waals surface area contributed by atoms with E-state index in [1.165, 1.54) is 6.33 Å². The molecule has 1 aliphatic carbocycles. The molecule has 16 heavy (non-hydrogen) atoms.